The highest BCUT2D eigenvalue weighted by atomic mass is 16.4. The Bertz CT molecular complexity index is 316. The highest BCUT2D eigenvalue weighted by Crippen LogP contribution is 2.15. The standard InChI is InChI=1S/C13H27N3O3/c1-7-8-16(10-9-14(4)5)12(19)15(6)13(2,3)11(17)18/h7-10H2,1-6H3,(H,17,18). The number of carbonyl (C=O) groups is 2. The molecule has 19 heavy (non-hydrogen) atoms. The van der Waals surface area contributed by atoms with Gasteiger partial charge in [-0.15, -0.1) is 0 Å². The van der Waals surface area contributed by atoms with E-state index in [1.54, 1.807) is 4.90 Å². The number of carboxylic acid groups (broad SMARTS) is 1. The summed E-state index contributed by atoms with van der Waals surface area (Å²) in [5.74, 6) is -1.01. The number of likely N-dealkylation sites (N-methyl/N-ethyl adjacent to an activating group) is 2. The molecule has 0 heterocycles. The first-order chi connectivity index (χ1) is 8.64. The maximum absolute atomic E-state index is 12.4. The fourth-order valence-electron chi connectivity index (χ4n) is 1.49. The molecular formula is C13H27N3O3. The number of hydrogen-bond acceptors (Lipinski definition) is 3. The Morgan fingerprint density at radius 3 is 1.95 bits per heavy atom. The molecule has 0 aromatic rings. The van der Waals surface area contributed by atoms with Crippen molar-refractivity contribution in [3.05, 3.63) is 0 Å². The third kappa shape index (κ3) is 5.06. The summed E-state index contributed by atoms with van der Waals surface area (Å²) in [6.07, 6.45) is 0.848. The van der Waals surface area contributed by atoms with Crippen molar-refractivity contribution >= 4 is 12.0 Å². The number of carboxylic acids is 1. The van der Waals surface area contributed by atoms with E-state index in [2.05, 4.69) is 0 Å². The molecule has 6 nitrogen and oxygen atoms in total. The molecule has 0 aromatic heterocycles. The van der Waals surface area contributed by atoms with E-state index < -0.39 is 11.5 Å². The van der Waals surface area contributed by atoms with E-state index >= 15 is 0 Å². The molecule has 0 unspecified atom stereocenters. The highest BCUT2D eigenvalue weighted by Gasteiger charge is 2.36. The van der Waals surface area contributed by atoms with Crippen LogP contribution in [0.4, 0.5) is 4.79 Å². The van der Waals surface area contributed by atoms with E-state index in [4.69, 9.17) is 5.11 Å². The molecule has 0 spiro atoms. The van der Waals surface area contributed by atoms with Crippen molar-refractivity contribution in [1.29, 1.82) is 0 Å². The fourth-order valence-corrected chi connectivity index (χ4v) is 1.49. The average Bonchev–Trinajstić information content (AvgIpc) is 2.32. The van der Waals surface area contributed by atoms with Crippen molar-refractivity contribution in [2.24, 2.45) is 0 Å². The zero-order valence-electron chi connectivity index (χ0n) is 12.9. The highest BCUT2D eigenvalue weighted by molar-refractivity contribution is 5.85. The molecule has 0 atom stereocenters. The monoisotopic (exact) mass is 273 g/mol. The number of urea groups is 1. The van der Waals surface area contributed by atoms with Gasteiger partial charge in [0.15, 0.2) is 0 Å². The van der Waals surface area contributed by atoms with Crippen LogP contribution in [0.25, 0.3) is 0 Å². The molecule has 0 saturated carbocycles. The summed E-state index contributed by atoms with van der Waals surface area (Å²) in [7, 11) is 5.42. The first kappa shape index (κ1) is 17.7. The second-order valence-corrected chi connectivity index (χ2v) is 5.50. The van der Waals surface area contributed by atoms with Crippen molar-refractivity contribution < 1.29 is 14.7 Å². The largest absolute Gasteiger partial charge is 0.480 e. The minimum absolute atomic E-state index is 0.240. The van der Waals surface area contributed by atoms with E-state index in [0.29, 0.717) is 13.1 Å². The summed E-state index contributed by atoms with van der Waals surface area (Å²) in [6.45, 7) is 7.05. The zero-order chi connectivity index (χ0) is 15.2. The van der Waals surface area contributed by atoms with Crippen LogP contribution in [-0.4, -0.2) is 78.1 Å². The second-order valence-electron chi connectivity index (χ2n) is 5.50. The van der Waals surface area contributed by atoms with Crippen LogP contribution in [0.3, 0.4) is 0 Å². The number of amides is 2. The van der Waals surface area contributed by atoms with Crippen molar-refractivity contribution in [1.82, 2.24) is 14.7 Å². The minimum Gasteiger partial charge on any atom is -0.480 e. The number of hydrogen-bond donors (Lipinski definition) is 1. The van der Waals surface area contributed by atoms with Gasteiger partial charge in [-0.05, 0) is 34.4 Å². The Morgan fingerprint density at radius 1 is 1.05 bits per heavy atom. The van der Waals surface area contributed by atoms with Crippen LogP contribution in [0.2, 0.25) is 0 Å². The SMILES string of the molecule is CCCN(CCN(C)C)C(=O)N(C)C(C)(C)C(=O)O. The van der Waals surface area contributed by atoms with Gasteiger partial charge in [0.1, 0.15) is 5.54 Å². The first-order valence-corrected chi connectivity index (χ1v) is 6.55. The average molecular weight is 273 g/mol. The maximum Gasteiger partial charge on any atom is 0.329 e. The fraction of sp³-hybridized carbons (Fsp3) is 0.846. The van der Waals surface area contributed by atoms with E-state index in [0.717, 1.165) is 13.0 Å². The minimum atomic E-state index is -1.21. The van der Waals surface area contributed by atoms with Crippen LogP contribution in [0.5, 0.6) is 0 Å². The van der Waals surface area contributed by atoms with Crippen molar-refractivity contribution in [2.75, 3.05) is 40.8 Å². The number of nitrogens with zero attached hydrogens (tertiary/aromatic N) is 3. The van der Waals surface area contributed by atoms with Gasteiger partial charge in [-0.1, -0.05) is 6.92 Å². The number of carbonyl (C=O) groups excluding carboxylic acids is 1. The van der Waals surface area contributed by atoms with E-state index in [9.17, 15) is 9.59 Å². The van der Waals surface area contributed by atoms with Crippen LogP contribution >= 0.6 is 0 Å². The molecule has 0 bridgehead atoms. The van der Waals surface area contributed by atoms with Crippen LogP contribution in [0.1, 0.15) is 27.2 Å². The van der Waals surface area contributed by atoms with Crippen molar-refractivity contribution in [3.8, 4) is 0 Å². The lowest BCUT2D eigenvalue weighted by atomic mass is 10.0. The topological polar surface area (TPSA) is 64.1 Å². The molecule has 112 valence electrons. The zero-order valence-corrected chi connectivity index (χ0v) is 12.9. The summed E-state index contributed by atoms with van der Waals surface area (Å²) in [5, 5.41) is 9.17. The molecule has 0 aliphatic heterocycles. The summed E-state index contributed by atoms with van der Waals surface area (Å²) in [5.41, 5.74) is -1.21. The van der Waals surface area contributed by atoms with Crippen molar-refractivity contribution in [2.45, 2.75) is 32.7 Å². The van der Waals surface area contributed by atoms with Crippen LogP contribution in [-0.2, 0) is 4.79 Å². The molecule has 0 radical (unpaired) electrons. The Morgan fingerprint density at radius 2 is 1.58 bits per heavy atom. The first-order valence-electron chi connectivity index (χ1n) is 6.55. The predicted molar refractivity (Wildman–Crippen MR) is 75.3 cm³/mol. The second kappa shape index (κ2) is 7.33. The van der Waals surface area contributed by atoms with Crippen LogP contribution in [0, 0.1) is 0 Å². The van der Waals surface area contributed by atoms with Gasteiger partial charge in [-0.25, -0.2) is 9.59 Å². The van der Waals surface area contributed by atoms with E-state index in [1.807, 2.05) is 25.9 Å². The Hall–Kier alpha value is -1.30. The Kier molecular flexibility index (Phi) is 6.83. The molecule has 0 saturated heterocycles. The van der Waals surface area contributed by atoms with Crippen molar-refractivity contribution in [3.63, 3.8) is 0 Å². The summed E-state index contributed by atoms with van der Waals surface area (Å²) in [4.78, 5) is 28.5. The van der Waals surface area contributed by atoms with Gasteiger partial charge in [-0.3, -0.25) is 0 Å². The van der Waals surface area contributed by atoms with Gasteiger partial charge in [0.25, 0.3) is 0 Å². The lowest BCUT2D eigenvalue weighted by Crippen LogP contribution is -2.55. The smallest absolute Gasteiger partial charge is 0.329 e. The third-order valence-corrected chi connectivity index (χ3v) is 3.23. The predicted octanol–water partition coefficient (Wildman–Crippen LogP) is 1.18. The number of aliphatic carboxylic acids is 1. The molecular weight excluding hydrogens is 246 g/mol. The van der Waals surface area contributed by atoms with E-state index in [-0.39, 0.29) is 6.03 Å². The normalized spacial score (nSPS) is 11.5. The molecule has 0 fully saturated rings. The Balaban J connectivity index is 4.83. The quantitative estimate of drug-likeness (QED) is 0.756. The third-order valence-electron chi connectivity index (χ3n) is 3.23. The van der Waals surface area contributed by atoms with Gasteiger partial charge in [-0.2, -0.15) is 0 Å². The molecule has 0 rings (SSSR count). The van der Waals surface area contributed by atoms with Gasteiger partial charge in [0.05, 0.1) is 0 Å². The maximum atomic E-state index is 12.4. The van der Waals surface area contributed by atoms with E-state index in [1.165, 1.54) is 25.8 Å². The summed E-state index contributed by atoms with van der Waals surface area (Å²) in [6, 6.07) is -0.240. The molecule has 6 heteroatoms. The molecule has 0 aliphatic rings. The van der Waals surface area contributed by atoms with Crippen LogP contribution < -0.4 is 0 Å². The summed E-state index contributed by atoms with van der Waals surface area (Å²) >= 11 is 0. The van der Waals surface area contributed by atoms with Gasteiger partial charge >= 0.3 is 12.0 Å². The van der Waals surface area contributed by atoms with Gasteiger partial charge < -0.3 is 19.8 Å². The Labute approximate surface area is 116 Å². The molecule has 2 amide bonds. The lowest BCUT2D eigenvalue weighted by Gasteiger charge is -2.36. The summed E-state index contributed by atoms with van der Waals surface area (Å²) < 4.78 is 0. The van der Waals surface area contributed by atoms with Gasteiger partial charge in [0, 0.05) is 26.7 Å². The molecule has 1 N–H and O–H groups in total. The number of rotatable bonds is 7. The molecule has 0 aliphatic carbocycles. The van der Waals surface area contributed by atoms with Gasteiger partial charge in [0.2, 0.25) is 0 Å². The lowest BCUT2D eigenvalue weighted by molar-refractivity contribution is -0.147. The van der Waals surface area contributed by atoms with Crippen LogP contribution in [0.15, 0.2) is 0 Å². The molecule has 0 aromatic carbocycles.